The van der Waals surface area contributed by atoms with Crippen LogP contribution < -0.4 is 0 Å². The minimum absolute atomic E-state index is 0.0488. The molecule has 0 radical (unpaired) electrons. The summed E-state index contributed by atoms with van der Waals surface area (Å²) in [6, 6.07) is 13.5. The molecule has 5 rings (SSSR count). The molecule has 0 atom stereocenters. The van der Waals surface area contributed by atoms with Gasteiger partial charge in [0.15, 0.2) is 5.69 Å². The van der Waals surface area contributed by atoms with Gasteiger partial charge < -0.3 is 19.0 Å². The van der Waals surface area contributed by atoms with Crippen molar-refractivity contribution in [3.63, 3.8) is 0 Å². The molecule has 0 bridgehead atoms. The number of fused-ring (bicyclic) bond motifs is 1. The maximum Gasteiger partial charge on any atom is 0.416 e. The van der Waals surface area contributed by atoms with Crippen molar-refractivity contribution in [2.75, 3.05) is 32.8 Å². The first-order chi connectivity index (χ1) is 17.9. The van der Waals surface area contributed by atoms with Crippen LogP contribution in [0.3, 0.4) is 0 Å². The van der Waals surface area contributed by atoms with Gasteiger partial charge >= 0.3 is 6.18 Å². The maximum atomic E-state index is 13.7. The van der Waals surface area contributed by atoms with E-state index in [1.54, 1.807) is 11.0 Å². The highest BCUT2D eigenvalue weighted by atomic mass is 19.4. The topological polar surface area (TPSA) is 74.6 Å². The average molecular weight is 513 g/mol. The van der Waals surface area contributed by atoms with E-state index >= 15 is 0 Å². The standard InChI is InChI=1S/C27H27F3N4O3/c28-27(29,30)22-7-3-1-5-20(22)16-33(10-9-19-15-31-23-8-4-2-6-21(19)23)17-25-32-24(18-37-25)26(35)34-11-13-36-14-12-34/h1-8,15,18,31H,9-14,16-17H2. The summed E-state index contributed by atoms with van der Waals surface area (Å²) in [5.41, 5.74) is 1.77. The van der Waals surface area contributed by atoms with E-state index in [1.165, 1.54) is 18.4 Å². The number of carbonyl (C=O) groups excluding carboxylic acids is 1. The van der Waals surface area contributed by atoms with Crippen molar-refractivity contribution in [2.45, 2.75) is 25.7 Å². The highest BCUT2D eigenvalue weighted by Gasteiger charge is 2.33. The summed E-state index contributed by atoms with van der Waals surface area (Å²) >= 11 is 0. The van der Waals surface area contributed by atoms with Gasteiger partial charge in [0.05, 0.1) is 25.3 Å². The lowest BCUT2D eigenvalue weighted by molar-refractivity contribution is -0.138. The number of hydrogen-bond acceptors (Lipinski definition) is 5. The second-order valence-electron chi connectivity index (χ2n) is 9.01. The largest absolute Gasteiger partial charge is 0.447 e. The van der Waals surface area contributed by atoms with Crippen LogP contribution in [0, 0.1) is 0 Å². The molecule has 194 valence electrons. The molecule has 0 saturated carbocycles. The van der Waals surface area contributed by atoms with Crippen molar-refractivity contribution in [1.29, 1.82) is 0 Å². The van der Waals surface area contributed by atoms with E-state index in [0.717, 1.165) is 22.5 Å². The summed E-state index contributed by atoms with van der Waals surface area (Å²) in [5.74, 6) is 0.0334. The smallest absolute Gasteiger partial charge is 0.416 e. The SMILES string of the molecule is O=C(c1coc(CN(CCc2c[nH]c3ccccc23)Cc2ccccc2C(F)(F)F)n1)N1CCOCC1. The number of carbonyl (C=O) groups is 1. The molecule has 1 aliphatic rings. The molecule has 4 aromatic rings. The van der Waals surface area contributed by atoms with Gasteiger partial charge in [0, 0.05) is 43.3 Å². The quantitative estimate of drug-likeness (QED) is 0.364. The number of oxazole rings is 1. The molecule has 1 aliphatic heterocycles. The monoisotopic (exact) mass is 512 g/mol. The Hall–Kier alpha value is -3.63. The average Bonchev–Trinajstić information content (AvgIpc) is 3.54. The number of nitrogens with zero attached hydrogens (tertiary/aromatic N) is 3. The molecular weight excluding hydrogens is 485 g/mol. The van der Waals surface area contributed by atoms with Crippen LogP contribution >= 0.6 is 0 Å². The molecular formula is C27H27F3N4O3. The van der Waals surface area contributed by atoms with Gasteiger partial charge in [-0.15, -0.1) is 0 Å². The fraction of sp³-hybridized carbons (Fsp3) is 0.333. The van der Waals surface area contributed by atoms with Crippen molar-refractivity contribution in [1.82, 2.24) is 19.8 Å². The van der Waals surface area contributed by atoms with Crippen LogP contribution in [-0.2, 0) is 30.4 Å². The number of halogens is 3. The summed E-state index contributed by atoms with van der Waals surface area (Å²) in [6.07, 6.45) is -0.607. The zero-order chi connectivity index (χ0) is 25.8. The van der Waals surface area contributed by atoms with E-state index in [0.29, 0.717) is 39.3 Å². The van der Waals surface area contributed by atoms with Crippen LogP contribution in [0.15, 0.2) is 65.4 Å². The number of para-hydroxylation sites is 1. The van der Waals surface area contributed by atoms with Crippen molar-refractivity contribution in [2.24, 2.45) is 0 Å². The molecule has 2 aromatic carbocycles. The van der Waals surface area contributed by atoms with Crippen molar-refractivity contribution in [3.8, 4) is 0 Å². The minimum atomic E-state index is -4.46. The molecule has 0 unspecified atom stereocenters. The zero-order valence-electron chi connectivity index (χ0n) is 20.1. The predicted molar refractivity (Wildman–Crippen MR) is 131 cm³/mol. The van der Waals surface area contributed by atoms with Gasteiger partial charge in [-0.1, -0.05) is 36.4 Å². The van der Waals surface area contributed by atoms with Crippen LogP contribution in [0.1, 0.15) is 33.1 Å². The van der Waals surface area contributed by atoms with Crippen molar-refractivity contribution in [3.05, 3.63) is 89.3 Å². The van der Waals surface area contributed by atoms with Crippen molar-refractivity contribution < 1.29 is 27.1 Å². The van der Waals surface area contributed by atoms with Crippen molar-refractivity contribution >= 4 is 16.8 Å². The number of benzene rings is 2. The fourth-order valence-electron chi connectivity index (χ4n) is 4.61. The first-order valence-electron chi connectivity index (χ1n) is 12.1. The van der Waals surface area contributed by atoms with Crippen LogP contribution in [0.2, 0.25) is 0 Å². The summed E-state index contributed by atoms with van der Waals surface area (Å²) in [4.78, 5) is 23.9. The first kappa shape index (κ1) is 25.0. The van der Waals surface area contributed by atoms with Gasteiger partial charge in [0.1, 0.15) is 6.26 Å². The van der Waals surface area contributed by atoms with Gasteiger partial charge in [-0.2, -0.15) is 13.2 Å². The van der Waals surface area contributed by atoms with Crippen LogP contribution in [0.25, 0.3) is 10.9 Å². The van der Waals surface area contributed by atoms with E-state index < -0.39 is 11.7 Å². The van der Waals surface area contributed by atoms with Crippen LogP contribution in [-0.4, -0.2) is 58.5 Å². The Morgan fingerprint density at radius 3 is 2.59 bits per heavy atom. The molecule has 0 aliphatic carbocycles. The summed E-state index contributed by atoms with van der Waals surface area (Å²) in [6.45, 7) is 2.56. The molecule has 1 N–H and O–H groups in total. The molecule has 7 nitrogen and oxygen atoms in total. The number of nitrogens with one attached hydrogen (secondary N) is 1. The molecule has 3 heterocycles. The number of amides is 1. The minimum Gasteiger partial charge on any atom is -0.447 e. The van der Waals surface area contributed by atoms with E-state index in [-0.39, 0.29) is 36.1 Å². The Morgan fingerprint density at radius 2 is 1.78 bits per heavy atom. The Morgan fingerprint density at radius 1 is 1.03 bits per heavy atom. The third-order valence-corrected chi connectivity index (χ3v) is 6.52. The summed E-state index contributed by atoms with van der Waals surface area (Å²) < 4.78 is 51.9. The van der Waals surface area contributed by atoms with E-state index in [1.807, 2.05) is 35.4 Å². The van der Waals surface area contributed by atoms with E-state index in [4.69, 9.17) is 9.15 Å². The van der Waals surface area contributed by atoms with Crippen LogP contribution in [0.5, 0.6) is 0 Å². The molecule has 1 saturated heterocycles. The Balaban J connectivity index is 1.36. The number of alkyl halides is 3. The van der Waals surface area contributed by atoms with E-state index in [2.05, 4.69) is 9.97 Å². The molecule has 10 heteroatoms. The normalized spacial score (nSPS) is 14.5. The first-order valence-corrected chi connectivity index (χ1v) is 12.1. The Bertz CT molecular complexity index is 1360. The zero-order valence-corrected chi connectivity index (χ0v) is 20.1. The predicted octanol–water partition coefficient (Wildman–Crippen LogP) is 4.89. The lowest BCUT2D eigenvalue weighted by atomic mass is 10.1. The van der Waals surface area contributed by atoms with E-state index in [9.17, 15) is 18.0 Å². The second-order valence-corrected chi connectivity index (χ2v) is 9.01. The third-order valence-electron chi connectivity index (χ3n) is 6.52. The number of rotatable bonds is 8. The molecule has 37 heavy (non-hydrogen) atoms. The van der Waals surface area contributed by atoms with Gasteiger partial charge in [0.25, 0.3) is 5.91 Å². The number of ether oxygens (including phenoxy) is 1. The molecule has 1 fully saturated rings. The number of hydrogen-bond donors (Lipinski definition) is 1. The highest BCUT2D eigenvalue weighted by Crippen LogP contribution is 2.32. The van der Waals surface area contributed by atoms with Gasteiger partial charge in [0.2, 0.25) is 5.89 Å². The summed E-state index contributed by atoms with van der Waals surface area (Å²) in [5, 5.41) is 1.08. The van der Waals surface area contributed by atoms with Gasteiger partial charge in [-0.25, -0.2) is 4.98 Å². The number of H-pyrrole nitrogens is 1. The molecule has 0 spiro atoms. The number of aromatic nitrogens is 2. The second kappa shape index (κ2) is 10.8. The Kier molecular flexibility index (Phi) is 7.29. The lowest BCUT2D eigenvalue weighted by Gasteiger charge is -2.25. The van der Waals surface area contributed by atoms with Crippen LogP contribution in [0.4, 0.5) is 13.2 Å². The van der Waals surface area contributed by atoms with Gasteiger partial charge in [-0.05, 0) is 29.7 Å². The van der Waals surface area contributed by atoms with Gasteiger partial charge in [-0.3, -0.25) is 9.69 Å². The molecule has 2 aromatic heterocycles. The molecule has 1 amide bonds. The number of aromatic amines is 1. The fourth-order valence-corrected chi connectivity index (χ4v) is 4.61. The third kappa shape index (κ3) is 5.86. The maximum absolute atomic E-state index is 13.7. The summed E-state index contributed by atoms with van der Waals surface area (Å²) in [7, 11) is 0. The Labute approximate surface area is 211 Å². The number of morpholine rings is 1. The lowest BCUT2D eigenvalue weighted by Crippen LogP contribution is -2.40. The highest BCUT2D eigenvalue weighted by molar-refractivity contribution is 5.92.